The SMILES string of the molecule is CC1CCCC(C(=O)c2cc(Br)ccc2Br)C1. The van der Waals surface area contributed by atoms with Crippen molar-refractivity contribution < 1.29 is 4.79 Å². The molecule has 1 aliphatic rings. The Morgan fingerprint density at radius 3 is 2.76 bits per heavy atom. The number of halogens is 2. The highest BCUT2D eigenvalue weighted by molar-refractivity contribution is 9.11. The molecule has 0 spiro atoms. The van der Waals surface area contributed by atoms with Crippen LogP contribution in [0.15, 0.2) is 27.1 Å². The van der Waals surface area contributed by atoms with Crippen LogP contribution in [0.2, 0.25) is 0 Å². The lowest BCUT2D eigenvalue weighted by Gasteiger charge is -2.25. The third-order valence-electron chi connectivity index (χ3n) is 3.50. The van der Waals surface area contributed by atoms with Gasteiger partial charge in [-0.25, -0.2) is 0 Å². The van der Waals surface area contributed by atoms with Crippen molar-refractivity contribution in [2.45, 2.75) is 32.6 Å². The highest BCUT2D eigenvalue weighted by atomic mass is 79.9. The van der Waals surface area contributed by atoms with E-state index in [9.17, 15) is 4.79 Å². The minimum absolute atomic E-state index is 0.212. The number of carbonyl (C=O) groups is 1. The molecule has 1 aliphatic carbocycles. The summed E-state index contributed by atoms with van der Waals surface area (Å²) in [5.41, 5.74) is 0.818. The van der Waals surface area contributed by atoms with Gasteiger partial charge in [0.15, 0.2) is 5.78 Å². The van der Waals surface area contributed by atoms with E-state index < -0.39 is 0 Å². The van der Waals surface area contributed by atoms with E-state index >= 15 is 0 Å². The van der Waals surface area contributed by atoms with Gasteiger partial charge in [0.2, 0.25) is 0 Å². The van der Waals surface area contributed by atoms with Gasteiger partial charge < -0.3 is 0 Å². The van der Waals surface area contributed by atoms with Gasteiger partial charge in [-0.1, -0.05) is 51.6 Å². The van der Waals surface area contributed by atoms with E-state index in [-0.39, 0.29) is 5.92 Å². The molecular weight excluding hydrogens is 344 g/mol. The summed E-state index contributed by atoms with van der Waals surface area (Å²) in [6.45, 7) is 2.25. The molecule has 1 saturated carbocycles. The highest BCUT2D eigenvalue weighted by Crippen LogP contribution is 2.33. The first-order valence-electron chi connectivity index (χ1n) is 6.07. The Balaban J connectivity index is 2.21. The summed E-state index contributed by atoms with van der Waals surface area (Å²) in [5.74, 6) is 1.19. The van der Waals surface area contributed by atoms with Gasteiger partial charge in [-0.15, -0.1) is 0 Å². The normalized spacial score (nSPS) is 24.6. The van der Waals surface area contributed by atoms with Crippen LogP contribution in [0.3, 0.4) is 0 Å². The van der Waals surface area contributed by atoms with Gasteiger partial charge in [0, 0.05) is 20.4 Å². The first-order valence-corrected chi connectivity index (χ1v) is 7.66. The van der Waals surface area contributed by atoms with Crippen LogP contribution in [0.25, 0.3) is 0 Å². The maximum absolute atomic E-state index is 12.5. The molecule has 1 nitrogen and oxygen atoms in total. The second-order valence-electron chi connectivity index (χ2n) is 4.96. The predicted octanol–water partition coefficient (Wildman–Crippen LogP) is 5.22. The Morgan fingerprint density at radius 2 is 2.06 bits per heavy atom. The summed E-state index contributed by atoms with van der Waals surface area (Å²) < 4.78 is 1.87. The zero-order valence-corrected chi connectivity index (χ0v) is 13.1. The summed E-state index contributed by atoms with van der Waals surface area (Å²) >= 11 is 6.90. The Morgan fingerprint density at radius 1 is 1.29 bits per heavy atom. The standard InChI is InChI=1S/C14H16Br2O/c1-9-3-2-4-10(7-9)14(17)12-8-11(15)5-6-13(12)16/h5-6,8-10H,2-4,7H2,1H3. The van der Waals surface area contributed by atoms with Crippen LogP contribution in [0, 0.1) is 11.8 Å². The lowest BCUT2D eigenvalue weighted by Crippen LogP contribution is -2.22. The van der Waals surface area contributed by atoms with E-state index in [1.165, 1.54) is 12.8 Å². The van der Waals surface area contributed by atoms with Crippen molar-refractivity contribution in [2.24, 2.45) is 11.8 Å². The van der Waals surface area contributed by atoms with E-state index in [0.29, 0.717) is 11.7 Å². The van der Waals surface area contributed by atoms with Crippen molar-refractivity contribution in [3.05, 3.63) is 32.7 Å². The molecule has 1 aromatic rings. The van der Waals surface area contributed by atoms with Gasteiger partial charge in [-0.2, -0.15) is 0 Å². The van der Waals surface area contributed by atoms with Gasteiger partial charge in [0.1, 0.15) is 0 Å². The average Bonchev–Trinajstić information content (AvgIpc) is 2.31. The van der Waals surface area contributed by atoms with Gasteiger partial charge in [0.05, 0.1) is 0 Å². The number of Topliss-reactive ketones (excluding diaryl/α,β-unsaturated/α-hetero) is 1. The third-order valence-corrected chi connectivity index (χ3v) is 4.69. The van der Waals surface area contributed by atoms with Gasteiger partial charge in [-0.3, -0.25) is 4.79 Å². The first kappa shape index (κ1) is 13.3. The van der Waals surface area contributed by atoms with Crippen LogP contribution >= 0.6 is 31.9 Å². The second-order valence-corrected chi connectivity index (χ2v) is 6.73. The fourth-order valence-electron chi connectivity index (χ4n) is 2.58. The molecule has 3 heteroatoms. The van der Waals surface area contributed by atoms with Gasteiger partial charge in [-0.05, 0) is 37.0 Å². The van der Waals surface area contributed by atoms with Crippen LogP contribution in [0.4, 0.5) is 0 Å². The topological polar surface area (TPSA) is 17.1 Å². The minimum atomic E-state index is 0.212. The Kier molecular flexibility index (Phi) is 4.42. The van der Waals surface area contributed by atoms with E-state index in [4.69, 9.17) is 0 Å². The molecule has 17 heavy (non-hydrogen) atoms. The van der Waals surface area contributed by atoms with Crippen molar-refractivity contribution >= 4 is 37.6 Å². The smallest absolute Gasteiger partial charge is 0.167 e. The summed E-state index contributed by atoms with van der Waals surface area (Å²) in [4.78, 5) is 12.5. The number of carbonyl (C=O) groups excluding carboxylic acids is 1. The number of ketones is 1. The fraction of sp³-hybridized carbons (Fsp3) is 0.500. The second kappa shape index (κ2) is 5.66. The molecule has 0 amide bonds. The third kappa shape index (κ3) is 3.19. The molecule has 2 atom stereocenters. The van der Waals surface area contributed by atoms with Crippen molar-refractivity contribution in [1.29, 1.82) is 0 Å². The van der Waals surface area contributed by atoms with Crippen molar-refractivity contribution in [3.8, 4) is 0 Å². The highest BCUT2D eigenvalue weighted by Gasteiger charge is 2.26. The van der Waals surface area contributed by atoms with Crippen molar-refractivity contribution in [2.75, 3.05) is 0 Å². The zero-order valence-electron chi connectivity index (χ0n) is 9.88. The Hall–Kier alpha value is -0.150. The number of rotatable bonds is 2. The Labute approximate surface area is 119 Å². The van der Waals surface area contributed by atoms with Crippen LogP contribution in [-0.2, 0) is 0 Å². The molecule has 2 unspecified atom stereocenters. The van der Waals surface area contributed by atoms with Crippen LogP contribution in [0.1, 0.15) is 43.0 Å². The van der Waals surface area contributed by atoms with Crippen LogP contribution in [-0.4, -0.2) is 5.78 Å². The van der Waals surface area contributed by atoms with Gasteiger partial charge >= 0.3 is 0 Å². The molecule has 0 aliphatic heterocycles. The van der Waals surface area contributed by atoms with Crippen molar-refractivity contribution in [1.82, 2.24) is 0 Å². The van der Waals surface area contributed by atoms with E-state index in [2.05, 4.69) is 38.8 Å². The maximum Gasteiger partial charge on any atom is 0.167 e. The van der Waals surface area contributed by atoms with Crippen LogP contribution < -0.4 is 0 Å². The molecule has 0 N–H and O–H groups in total. The number of hydrogen-bond acceptors (Lipinski definition) is 1. The van der Waals surface area contributed by atoms with Crippen LogP contribution in [0.5, 0.6) is 0 Å². The molecule has 0 bridgehead atoms. The summed E-state index contributed by atoms with van der Waals surface area (Å²) in [5, 5.41) is 0. The minimum Gasteiger partial charge on any atom is -0.294 e. The summed E-state index contributed by atoms with van der Waals surface area (Å²) in [6.07, 6.45) is 4.53. The molecule has 1 fully saturated rings. The molecular formula is C14H16Br2O. The molecule has 92 valence electrons. The summed E-state index contributed by atoms with van der Waals surface area (Å²) in [6, 6.07) is 5.81. The maximum atomic E-state index is 12.5. The van der Waals surface area contributed by atoms with Crippen molar-refractivity contribution in [3.63, 3.8) is 0 Å². The molecule has 2 rings (SSSR count). The predicted molar refractivity (Wildman–Crippen MR) is 77.3 cm³/mol. The summed E-state index contributed by atoms with van der Waals surface area (Å²) in [7, 11) is 0. The van der Waals surface area contributed by atoms with E-state index in [1.807, 2.05) is 18.2 Å². The molecule has 0 radical (unpaired) electrons. The fourth-order valence-corrected chi connectivity index (χ4v) is 3.38. The lowest BCUT2D eigenvalue weighted by atomic mass is 9.79. The molecule has 0 saturated heterocycles. The zero-order chi connectivity index (χ0) is 12.4. The molecule has 1 aromatic carbocycles. The molecule has 0 aromatic heterocycles. The van der Waals surface area contributed by atoms with E-state index in [0.717, 1.165) is 27.4 Å². The number of hydrogen-bond donors (Lipinski definition) is 0. The molecule has 0 heterocycles. The Bertz CT molecular complexity index is 428. The lowest BCUT2D eigenvalue weighted by molar-refractivity contribution is 0.0867. The average molecular weight is 360 g/mol. The van der Waals surface area contributed by atoms with Gasteiger partial charge in [0.25, 0.3) is 0 Å². The monoisotopic (exact) mass is 358 g/mol. The quantitative estimate of drug-likeness (QED) is 0.661. The largest absolute Gasteiger partial charge is 0.294 e. The first-order chi connectivity index (χ1) is 8.08. The number of benzene rings is 1. The van der Waals surface area contributed by atoms with E-state index in [1.54, 1.807) is 0 Å².